The van der Waals surface area contributed by atoms with Crippen molar-refractivity contribution in [2.24, 2.45) is 0 Å². The summed E-state index contributed by atoms with van der Waals surface area (Å²) in [4.78, 5) is 15.5. The van der Waals surface area contributed by atoms with Crippen molar-refractivity contribution in [3.05, 3.63) is 56.8 Å². The van der Waals surface area contributed by atoms with E-state index in [9.17, 15) is 4.79 Å². The number of hydrogen-bond donors (Lipinski definition) is 0. The van der Waals surface area contributed by atoms with Gasteiger partial charge in [0.05, 0.1) is 6.54 Å². The fraction of sp³-hybridized carbons (Fsp3) is 0.312. The number of carbonyl (C=O) groups is 1. The van der Waals surface area contributed by atoms with Crippen LogP contribution < -0.4 is 0 Å². The van der Waals surface area contributed by atoms with Crippen LogP contribution in [0.2, 0.25) is 0 Å². The summed E-state index contributed by atoms with van der Waals surface area (Å²) in [7, 11) is 1.86. The van der Waals surface area contributed by atoms with E-state index in [1.807, 2.05) is 39.1 Å². The zero-order chi connectivity index (χ0) is 14.0. The summed E-state index contributed by atoms with van der Waals surface area (Å²) in [6.45, 7) is 6.81. The molecule has 1 heterocycles. The van der Waals surface area contributed by atoms with E-state index in [2.05, 4.69) is 18.4 Å². The third-order valence-electron chi connectivity index (χ3n) is 3.53. The Morgan fingerprint density at radius 2 is 1.89 bits per heavy atom. The van der Waals surface area contributed by atoms with Crippen molar-refractivity contribution in [3.8, 4) is 0 Å². The summed E-state index contributed by atoms with van der Waals surface area (Å²) in [5.41, 5.74) is 4.29. The highest BCUT2D eigenvalue weighted by atomic mass is 32.1. The molecular formula is C16H19NOS. The molecule has 0 bridgehead atoms. The van der Waals surface area contributed by atoms with Crippen LogP contribution in [0.4, 0.5) is 0 Å². The molecule has 1 aromatic carbocycles. The Bertz CT molecular complexity index is 601. The van der Waals surface area contributed by atoms with Gasteiger partial charge in [0.1, 0.15) is 0 Å². The minimum absolute atomic E-state index is 0.0917. The molecule has 3 heteroatoms. The molecule has 1 amide bonds. The van der Waals surface area contributed by atoms with Gasteiger partial charge in [-0.3, -0.25) is 4.79 Å². The van der Waals surface area contributed by atoms with E-state index in [1.165, 1.54) is 10.4 Å². The first kappa shape index (κ1) is 13.8. The van der Waals surface area contributed by atoms with Crippen molar-refractivity contribution < 1.29 is 4.79 Å². The van der Waals surface area contributed by atoms with Crippen molar-refractivity contribution >= 4 is 17.2 Å². The molecule has 0 N–H and O–H groups in total. The van der Waals surface area contributed by atoms with Gasteiger partial charge in [0.15, 0.2) is 0 Å². The van der Waals surface area contributed by atoms with Gasteiger partial charge in [0.25, 0.3) is 5.91 Å². The number of nitrogens with zero attached hydrogens (tertiary/aromatic N) is 1. The van der Waals surface area contributed by atoms with Crippen LogP contribution in [0.5, 0.6) is 0 Å². The lowest BCUT2D eigenvalue weighted by Gasteiger charge is -2.18. The third-order valence-corrected chi connectivity index (χ3v) is 4.54. The Balaban J connectivity index is 2.20. The van der Waals surface area contributed by atoms with Crippen molar-refractivity contribution in [2.45, 2.75) is 27.3 Å². The molecule has 0 aliphatic rings. The number of benzene rings is 1. The molecule has 19 heavy (non-hydrogen) atoms. The first-order chi connectivity index (χ1) is 9.00. The number of hydrogen-bond acceptors (Lipinski definition) is 2. The molecule has 100 valence electrons. The zero-order valence-corrected chi connectivity index (χ0v) is 12.7. The Labute approximate surface area is 118 Å². The van der Waals surface area contributed by atoms with Crippen LogP contribution in [0, 0.1) is 20.8 Å². The van der Waals surface area contributed by atoms with Crippen molar-refractivity contribution in [3.63, 3.8) is 0 Å². The van der Waals surface area contributed by atoms with E-state index in [4.69, 9.17) is 0 Å². The highest BCUT2D eigenvalue weighted by molar-refractivity contribution is 7.10. The maximum Gasteiger partial charge on any atom is 0.254 e. The predicted molar refractivity (Wildman–Crippen MR) is 80.8 cm³/mol. The maximum absolute atomic E-state index is 12.5. The van der Waals surface area contributed by atoms with Gasteiger partial charge in [-0.1, -0.05) is 12.1 Å². The molecule has 2 nitrogen and oxygen atoms in total. The monoisotopic (exact) mass is 273 g/mol. The standard InChI is InChI=1S/C16H19NOS/c1-11-6-5-7-14(13(11)3)16(18)17(4)10-15-12(2)8-9-19-15/h5-9H,10H2,1-4H3. The van der Waals surface area contributed by atoms with Crippen LogP contribution in [0.1, 0.15) is 31.9 Å². The Morgan fingerprint density at radius 3 is 2.53 bits per heavy atom. The highest BCUT2D eigenvalue weighted by Gasteiger charge is 2.16. The third kappa shape index (κ3) is 2.87. The second-order valence-corrected chi connectivity index (χ2v) is 5.94. The molecule has 0 saturated heterocycles. The number of aryl methyl sites for hydroxylation is 2. The molecule has 0 atom stereocenters. The number of carbonyl (C=O) groups excluding carboxylic acids is 1. The molecule has 1 aromatic heterocycles. The SMILES string of the molecule is Cc1ccsc1CN(C)C(=O)c1cccc(C)c1C. The smallest absolute Gasteiger partial charge is 0.254 e. The summed E-state index contributed by atoms with van der Waals surface area (Å²) in [6, 6.07) is 7.98. The van der Waals surface area contributed by atoms with Gasteiger partial charge in [-0.05, 0) is 55.0 Å². The average Bonchev–Trinajstić information content (AvgIpc) is 2.77. The minimum Gasteiger partial charge on any atom is -0.337 e. The van der Waals surface area contributed by atoms with Gasteiger partial charge in [-0.25, -0.2) is 0 Å². The summed E-state index contributed by atoms with van der Waals surface area (Å²) >= 11 is 1.70. The average molecular weight is 273 g/mol. The van der Waals surface area contributed by atoms with Gasteiger partial charge >= 0.3 is 0 Å². The van der Waals surface area contributed by atoms with Gasteiger partial charge in [-0.2, -0.15) is 0 Å². The van der Waals surface area contributed by atoms with E-state index in [-0.39, 0.29) is 5.91 Å². The van der Waals surface area contributed by atoms with Crippen LogP contribution >= 0.6 is 11.3 Å². The highest BCUT2D eigenvalue weighted by Crippen LogP contribution is 2.20. The lowest BCUT2D eigenvalue weighted by Crippen LogP contribution is -2.26. The Hall–Kier alpha value is -1.61. The Kier molecular flexibility index (Phi) is 4.05. The molecule has 0 aliphatic carbocycles. The predicted octanol–water partition coefficient (Wildman–Crippen LogP) is 3.95. The van der Waals surface area contributed by atoms with Crippen LogP contribution in [-0.2, 0) is 6.54 Å². The number of rotatable bonds is 3. The van der Waals surface area contributed by atoms with Crippen LogP contribution in [0.3, 0.4) is 0 Å². The number of thiophene rings is 1. The normalized spacial score (nSPS) is 10.5. The summed E-state index contributed by atoms with van der Waals surface area (Å²) in [5, 5.41) is 2.07. The molecular weight excluding hydrogens is 254 g/mol. The largest absolute Gasteiger partial charge is 0.337 e. The van der Waals surface area contributed by atoms with Crippen LogP contribution in [0.15, 0.2) is 29.6 Å². The van der Waals surface area contributed by atoms with Crippen LogP contribution in [-0.4, -0.2) is 17.9 Å². The van der Waals surface area contributed by atoms with Gasteiger partial charge < -0.3 is 4.90 Å². The van der Waals surface area contributed by atoms with Crippen LogP contribution in [0.25, 0.3) is 0 Å². The first-order valence-corrected chi connectivity index (χ1v) is 7.23. The molecule has 0 fully saturated rings. The van der Waals surface area contributed by atoms with Gasteiger partial charge in [0, 0.05) is 17.5 Å². The lowest BCUT2D eigenvalue weighted by molar-refractivity contribution is 0.0785. The van der Waals surface area contributed by atoms with Gasteiger partial charge in [-0.15, -0.1) is 11.3 Å². The van der Waals surface area contributed by atoms with Crippen molar-refractivity contribution in [2.75, 3.05) is 7.05 Å². The summed E-state index contributed by atoms with van der Waals surface area (Å²) in [5.74, 6) is 0.0917. The van der Waals surface area contributed by atoms with E-state index in [0.29, 0.717) is 6.54 Å². The summed E-state index contributed by atoms with van der Waals surface area (Å²) < 4.78 is 0. The molecule has 0 aliphatic heterocycles. The lowest BCUT2D eigenvalue weighted by atomic mass is 10.0. The van der Waals surface area contributed by atoms with E-state index < -0.39 is 0 Å². The topological polar surface area (TPSA) is 20.3 Å². The molecule has 0 saturated carbocycles. The summed E-state index contributed by atoms with van der Waals surface area (Å²) in [6.07, 6.45) is 0. The number of amides is 1. The van der Waals surface area contributed by atoms with Gasteiger partial charge in [0.2, 0.25) is 0 Å². The minimum atomic E-state index is 0.0917. The molecule has 2 aromatic rings. The van der Waals surface area contributed by atoms with E-state index in [0.717, 1.165) is 16.7 Å². The van der Waals surface area contributed by atoms with E-state index >= 15 is 0 Å². The maximum atomic E-state index is 12.5. The molecule has 0 radical (unpaired) electrons. The quantitative estimate of drug-likeness (QED) is 0.829. The first-order valence-electron chi connectivity index (χ1n) is 6.35. The van der Waals surface area contributed by atoms with E-state index in [1.54, 1.807) is 16.2 Å². The zero-order valence-electron chi connectivity index (χ0n) is 11.9. The second-order valence-electron chi connectivity index (χ2n) is 4.94. The molecule has 0 spiro atoms. The molecule has 0 unspecified atom stereocenters. The second kappa shape index (κ2) is 5.57. The fourth-order valence-electron chi connectivity index (χ4n) is 2.04. The van der Waals surface area contributed by atoms with Crippen molar-refractivity contribution in [1.82, 2.24) is 4.90 Å². The fourth-order valence-corrected chi connectivity index (χ4v) is 3.00. The van der Waals surface area contributed by atoms with Crippen molar-refractivity contribution in [1.29, 1.82) is 0 Å². The molecule has 2 rings (SSSR count). The Morgan fingerprint density at radius 1 is 1.16 bits per heavy atom.